The molecule has 1 fully saturated rings. The first-order valence-corrected chi connectivity index (χ1v) is 7.69. The number of aryl methyl sites for hydroxylation is 2. The molecule has 1 aromatic rings. The predicted molar refractivity (Wildman–Crippen MR) is 83.9 cm³/mol. The Labute approximate surface area is 127 Å². The van der Waals surface area contributed by atoms with Gasteiger partial charge in [0, 0.05) is 19.6 Å². The van der Waals surface area contributed by atoms with Crippen molar-refractivity contribution < 1.29 is 14.6 Å². The Balaban J connectivity index is 1.80. The highest BCUT2D eigenvalue weighted by Gasteiger charge is 2.23. The molecule has 4 nitrogen and oxygen atoms in total. The molecule has 1 aliphatic heterocycles. The van der Waals surface area contributed by atoms with E-state index in [2.05, 4.69) is 24.8 Å². The van der Waals surface area contributed by atoms with Crippen LogP contribution in [0.25, 0.3) is 0 Å². The minimum absolute atomic E-state index is 0.223. The monoisotopic (exact) mass is 293 g/mol. The van der Waals surface area contributed by atoms with Crippen molar-refractivity contribution in [3.8, 4) is 5.75 Å². The van der Waals surface area contributed by atoms with Gasteiger partial charge in [-0.3, -0.25) is 4.90 Å². The van der Waals surface area contributed by atoms with Crippen molar-refractivity contribution in [3.63, 3.8) is 0 Å². The van der Waals surface area contributed by atoms with E-state index in [1.54, 1.807) is 0 Å². The van der Waals surface area contributed by atoms with Crippen molar-refractivity contribution in [3.05, 3.63) is 29.3 Å². The summed E-state index contributed by atoms with van der Waals surface area (Å²) in [6, 6.07) is 6.11. The lowest BCUT2D eigenvalue weighted by atomic mass is 10.1. The average molecular weight is 293 g/mol. The summed E-state index contributed by atoms with van der Waals surface area (Å²) in [4.78, 5) is 2.24. The third-order valence-corrected chi connectivity index (χ3v) is 3.60. The molecule has 1 saturated heterocycles. The number of rotatable bonds is 5. The second kappa shape index (κ2) is 7.25. The zero-order chi connectivity index (χ0) is 15.4. The van der Waals surface area contributed by atoms with Gasteiger partial charge in [-0.1, -0.05) is 6.07 Å². The van der Waals surface area contributed by atoms with Crippen molar-refractivity contribution in [2.45, 2.75) is 46.0 Å². The minimum Gasteiger partial charge on any atom is -0.491 e. The van der Waals surface area contributed by atoms with Crippen LogP contribution >= 0.6 is 0 Å². The number of hydrogen-bond donors (Lipinski definition) is 1. The van der Waals surface area contributed by atoms with E-state index in [0.29, 0.717) is 13.2 Å². The highest BCUT2D eigenvalue weighted by atomic mass is 16.5. The van der Waals surface area contributed by atoms with Crippen LogP contribution < -0.4 is 4.74 Å². The maximum Gasteiger partial charge on any atom is 0.119 e. The lowest BCUT2D eigenvalue weighted by Crippen LogP contribution is -2.48. The van der Waals surface area contributed by atoms with Crippen LogP contribution in [0, 0.1) is 13.8 Å². The summed E-state index contributed by atoms with van der Waals surface area (Å²) in [5, 5.41) is 10.2. The van der Waals surface area contributed by atoms with Gasteiger partial charge >= 0.3 is 0 Å². The number of ether oxygens (including phenoxy) is 2. The molecule has 2 rings (SSSR count). The maximum absolute atomic E-state index is 10.2. The molecule has 3 atom stereocenters. The molecule has 0 bridgehead atoms. The van der Waals surface area contributed by atoms with Gasteiger partial charge in [0.1, 0.15) is 18.5 Å². The first kappa shape index (κ1) is 16.3. The van der Waals surface area contributed by atoms with Crippen LogP contribution in [0.4, 0.5) is 0 Å². The van der Waals surface area contributed by atoms with E-state index in [1.807, 2.05) is 26.0 Å². The molecule has 0 aromatic heterocycles. The Kier molecular flexibility index (Phi) is 5.62. The quantitative estimate of drug-likeness (QED) is 0.903. The molecule has 0 radical (unpaired) electrons. The van der Waals surface area contributed by atoms with E-state index in [0.717, 1.165) is 18.8 Å². The molecule has 1 N–H and O–H groups in total. The Morgan fingerprint density at radius 2 is 1.76 bits per heavy atom. The lowest BCUT2D eigenvalue weighted by Gasteiger charge is -2.36. The van der Waals surface area contributed by atoms with Crippen LogP contribution in [0.5, 0.6) is 5.75 Å². The van der Waals surface area contributed by atoms with Gasteiger partial charge in [0.2, 0.25) is 0 Å². The van der Waals surface area contributed by atoms with Crippen molar-refractivity contribution in [2.75, 3.05) is 26.2 Å². The SMILES string of the molecule is Cc1cc(C)cc(OC[C@H](O)CN2C[C@@H](C)O[C@H](C)C2)c1. The Morgan fingerprint density at radius 3 is 2.33 bits per heavy atom. The molecule has 0 amide bonds. The second-order valence-corrected chi connectivity index (χ2v) is 6.26. The molecule has 0 aliphatic carbocycles. The third-order valence-electron chi connectivity index (χ3n) is 3.60. The van der Waals surface area contributed by atoms with Gasteiger partial charge in [-0.15, -0.1) is 0 Å². The highest BCUT2D eigenvalue weighted by Crippen LogP contribution is 2.17. The molecule has 118 valence electrons. The van der Waals surface area contributed by atoms with Crippen LogP contribution in [0.1, 0.15) is 25.0 Å². The Hall–Kier alpha value is -1.10. The molecule has 0 unspecified atom stereocenters. The fraction of sp³-hybridized carbons (Fsp3) is 0.647. The summed E-state index contributed by atoms with van der Waals surface area (Å²) in [5.41, 5.74) is 2.35. The number of nitrogens with zero attached hydrogens (tertiary/aromatic N) is 1. The summed E-state index contributed by atoms with van der Waals surface area (Å²) in [6.07, 6.45) is -0.0362. The zero-order valence-corrected chi connectivity index (χ0v) is 13.5. The Bertz CT molecular complexity index is 433. The van der Waals surface area contributed by atoms with Gasteiger partial charge in [-0.2, -0.15) is 0 Å². The van der Waals surface area contributed by atoms with E-state index in [-0.39, 0.29) is 12.2 Å². The van der Waals surface area contributed by atoms with Gasteiger partial charge in [0.25, 0.3) is 0 Å². The van der Waals surface area contributed by atoms with Crippen molar-refractivity contribution in [1.82, 2.24) is 4.90 Å². The molecular weight excluding hydrogens is 266 g/mol. The summed E-state index contributed by atoms with van der Waals surface area (Å²) in [6.45, 7) is 10.9. The zero-order valence-electron chi connectivity index (χ0n) is 13.5. The van der Waals surface area contributed by atoms with Crippen molar-refractivity contribution in [1.29, 1.82) is 0 Å². The number of morpholine rings is 1. The van der Waals surface area contributed by atoms with Gasteiger partial charge in [-0.05, 0) is 51.0 Å². The number of β-amino-alcohol motifs (C(OH)–C–C–N with tert-alkyl or cyclic N) is 1. The first-order chi connectivity index (χ1) is 9.92. The summed E-state index contributed by atoms with van der Waals surface area (Å²) < 4.78 is 11.4. The number of benzene rings is 1. The predicted octanol–water partition coefficient (Wildman–Crippen LogP) is 2.15. The largest absolute Gasteiger partial charge is 0.491 e. The minimum atomic E-state index is -0.483. The van der Waals surface area contributed by atoms with Crippen molar-refractivity contribution >= 4 is 0 Å². The van der Waals surface area contributed by atoms with Crippen LogP contribution in [0.2, 0.25) is 0 Å². The fourth-order valence-electron chi connectivity index (χ4n) is 2.99. The van der Waals surface area contributed by atoms with Crippen LogP contribution in [-0.4, -0.2) is 54.6 Å². The van der Waals surface area contributed by atoms with E-state index in [9.17, 15) is 5.11 Å². The van der Waals surface area contributed by atoms with Crippen LogP contribution in [0.3, 0.4) is 0 Å². The normalized spacial score (nSPS) is 24.8. The smallest absolute Gasteiger partial charge is 0.119 e. The molecule has 1 aliphatic rings. The van der Waals surface area contributed by atoms with E-state index >= 15 is 0 Å². The molecule has 21 heavy (non-hydrogen) atoms. The van der Waals surface area contributed by atoms with Crippen LogP contribution in [-0.2, 0) is 4.74 Å². The summed E-state index contributed by atoms with van der Waals surface area (Å²) in [5.74, 6) is 0.829. The summed E-state index contributed by atoms with van der Waals surface area (Å²) in [7, 11) is 0. The van der Waals surface area contributed by atoms with Crippen LogP contribution in [0.15, 0.2) is 18.2 Å². The molecule has 0 spiro atoms. The molecule has 4 heteroatoms. The summed E-state index contributed by atoms with van der Waals surface area (Å²) >= 11 is 0. The number of hydrogen-bond acceptors (Lipinski definition) is 4. The molecule has 1 heterocycles. The third kappa shape index (κ3) is 5.30. The van der Waals surface area contributed by atoms with E-state index in [1.165, 1.54) is 11.1 Å². The van der Waals surface area contributed by atoms with E-state index in [4.69, 9.17) is 9.47 Å². The highest BCUT2D eigenvalue weighted by molar-refractivity contribution is 5.32. The lowest BCUT2D eigenvalue weighted by molar-refractivity contribution is -0.0786. The maximum atomic E-state index is 10.2. The van der Waals surface area contributed by atoms with Gasteiger partial charge in [0.05, 0.1) is 12.2 Å². The standard InChI is InChI=1S/C17H27NO3/c1-12-5-13(2)7-17(6-12)20-11-16(19)10-18-8-14(3)21-15(4)9-18/h5-7,14-16,19H,8-11H2,1-4H3/t14-,15-,16-/m1/s1. The number of aliphatic hydroxyl groups is 1. The number of aliphatic hydroxyl groups excluding tert-OH is 1. The Morgan fingerprint density at radius 1 is 1.19 bits per heavy atom. The van der Waals surface area contributed by atoms with Gasteiger partial charge < -0.3 is 14.6 Å². The molecular formula is C17H27NO3. The van der Waals surface area contributed by atoms with Crippen molar-refractivity contribution in [2.24, 2.45) is 0 Å². The second-order valence-electron chi connectivity index (χ2n) is 6.26. The molecule has 1 aromatic carbocycles. The topological polar surface area (TPSA) is 41.9 Å². The fourth-order valence-corrected chi connectivity index (χ4v) is 2.99. The van der Waals surface area contributed by atoms with Gasteiger partial charge in [-0.25, -0.2) is 0 Å². The first-order valence-electron chi connectivity index (χ1n) is 7.69. The average Bonchev–Trinajstić information content (AvgIpc) is 2.34. The van der Waals surface area contributed by atoms with E-state index < -0.39 is 6.10 Å². The van der Waals surface area contributed by atoms with Gasteiger partial charge in [0.15, 0.2) is 0 Å². The molecule has 0 saturated carbocycles.